The topological polar surface area (TPSA) is 206 Å². The summed E-state index contributed by atoms with van der Waals surface area (Å²) in [6, 6.07) is 139. The van der Waals surface area contributed by atoms with Crippen molar-refractivity contribution in [1.29, 1.82) is 0 Å². The van der Waals surface area contributed by atoms with E-state index < -0.39 is 0 Å². The van der Waals surface area contributed by atoms with Crippen molar-refractivity contribution < 1.29 is 0 Å². The summed E-state index contributed by atoms with van der Waals surface area (Å²) >= 11 is 0. The molecule has 16 nitrogen and oxygen atoms in total. The number of fused-ring (bicyclic) bond motifs is 9. The molecule has 0 amide bonds. The fourth-order valence-corrected chi connectivity index (χ4v) is 17.1. The van der Waals surface area contributed by atoms with E-state index in [1.165, 1.54) is 16.7 Å². The Bertz CT molecular complexity index is 7580. The van der Waals surface area contributed by atoms with Crippen molar-refractivity contribution in [3.8, 4) is 170 Å². The zero-order valence-electron chi connectivity index (χ0n) is 73.6. The van der Waals surface area contributed by atoms with E-state index in [9.17, 15) is 0 Å². The molecule has 12 aromatic heterocycles. The van der Waals surface area contributed by atoms with E-state index in [4.69, 9.17) is 64.8 Å². The molecule has 0 atom stereocenters. The predicted octanol–water partition coefficient (Wildman–Crippen LogP) is 28.2. The first-order valence-corrected chi connectivity index (χ1v) is 44.7. The first kappa shape index (κ1) is 82.4. The summed E-state index contributed by atoms with van der Waals surface area (Å²) in [7, 11) is 0. The van der Waals surface area contributed by atoms with Gasteiger partial charge >= 0.3 is 0 Å². The van der Waals surface area contributed by atoms with Gasteiger partial charge in [0.2, 0.25) is 0 Å². The second-order valence-electron chi connectivity index (χ2n) is 33.0. The van der Waals surface area contributed by atoms with Crippen LogP contribution in [0.3, 0.4) is 0 Å². The quantitative estimate of drug-likeness (QED) is 0.0875. The molecule has 0 saturated heterocycles. The van der Waals surface area contributed by atoms with Crippen LogP contribution in [0.4, 0.5) is 0 Å². The summed E-state index contributed by atoms with van der Waals surface area (Å²) in [4.78, 5) is 78.9. The maximum Gasteiger partial charge on any atom is 0.182 e. The fourth-order valence-electron chi connectivity index (χ4n) is 17.1. The summed E-state index contributed by atoms with van der Waals surface area (Å²) in [6.45, 7) is 6.41. The molecule has 24 rings (SSSR count). The number of aryl methyl sites for hydroxylation is 3. The zero-order valence-corrected chi connectivity index (χ0v) is 73.6. The second-order valence-corrected chi connectivity index (χ2v) is 33.0. The molecule has 0 saturated carbocycles. The predicted molar refractivity (Wildman–Crippen MR) is 545 cm³/mol. The van der Waals surface area contributed by atoms with Crippen LogP contribution in [0.25, 0.3) is 235 Å². The van der Waals surface area contributed by atoms with Gasteiger partial charge in [0.05, 0.1) is 95.7 Å². The first-order chi connectivity index (χ1) is 66.6. The molecule has 16 heteroatoms. The van der Waals surface area contributed by atoms with Gasteiger partial charge in [0.25, 0.3) is 0 Å². The minimum atomic E-state index is 0.524. The maximum atomic E-state index is 5.21. The highest BCUT2D eigenvalue weighted by atomic mass is 15.0. The molecular formula is C119H80N16. The van der Waals surface area contributed by atoms with Gasteiger partial charge in [-0.1, -0.05) is 309 Å². The third-order valence-corrected chi connectivity index (χ3v) is 24.0. The van der Waals surface area contributed by atoms with Crippen LogP contribution in [0, 0.1) is 20.8 Å². The Hall–Kier alpha value is -18.3. The standard InChI is InChI=1S/2C40H27N5.C39H26N6/c1-26-23-35(27-11-4-2-5-12-27)43-39-32(26)20-18-29-19-21-33(42-38(29)39)30-15-10-16-31(24-30)40-44-36(28-13-6-3-7-14-28)25-37(45-40)34-17-8-9-22-41-34;1-26-23-35(27-11-4-2-5-12-27)43-39-32(26)20-18-29-19-21-33(42-38(29)39)30-15-10-16-31(24-30)37-25-36(28-13-6-3-7-14-28)44-40(45-37)34-17-8-9-22-41-34;1-25-23-34(26-11-4-2-5-12-26)42-36-31(25)20-18-27-19-21-32(41-35(27)36)29-15-10-16-30(24-29)38-43-37(28-13-6-3-7-14-28)44-39(45-38)33-17-8-9-22-40-33/h2*2-25H,1H3;2-24H,1H3. The van der Waals surface area contributed by atoms with Crippen LogP contribution < -0.4 is 0 Å². The number of rotatable bonds is 15. The van der Waals surface area contributed by atoms with Crippen molar-refractivity contribution in [2.75, 3.05) is 0 Å². The van der Waals surface area contributed by atoms with Gasteiger partial charge in [-0.25, -0.2) is 64.8 Å². The second kappa shape index (κ2) is 36.7. The Labute approximate surface area is 778 Å². The summed E-state index contributed by atoms with van der Waals surface area (Å²) in [6.07, 6.45) is 5.30. The first-order valence-electron chi connectivity index (χ1n) is 44.7. The third kappa shape index (κ3) is 17.3. The van der Waals surface area contributed by atoms with Gasteiger partial charge in [0.15, 0.2) is 29.1 Å². The molecule has 12 heterocycles. The van der Waals surface area contributed by atoms with Crippen LogP contribution in [0.2, 0.25) is 0 Å². The lowest BCUT2D eigenvalue weighted by Crippen LogP contribution is -2.01. The molecule has 135 heavy (non-hydrogen) atoms. The number of aromatic nitrogens is 16. The molecule has 12 aromatic carbocycles. The average molecular weight is 1730 g/mol. The molecular weight excluding hydrogens is 1650 g/mol. The monoisotopic (exact) mass is 1730 g/mol. The molecule has 0 fully saturated rings. The zero-order chi connectivity index (χ0) is 90.5. The average Bonchev–Trinajstić information content (AvgIpc) is 0.767. The minimum Gasteiger partial charge on any atom is -0.255 e. The van der Waals surface area contributed by atoms with Crippen molar-refractivity contribution in [3.63, 3.8) is 0 Å². The van der Waals surface area contributed by atoms with Crippen LogP contribution >= 0.6 is 0 Å². The number of benzene rings is 12. The molecule has 0 aliphatic heterocycles. The van der Waals surface area contributed by atoms with E-state index in [1.807, 2.05) is 212 Å². The molecule has 0 unspecified atom stereocenters. The van der Waals surface area contributed by atoms with E-state index in [2.05, 4.69) is 236 Å². The SMILES string of the molecule is Cc1cc(-c2ccccc2)nc2c1ccc1ccc(-c3cccc(-c4cc(-c5ccccc5)nc(-c5ccccn5)n4)c3)nc12.Cc1cc(-c2ccccc2)nc2c1ccc1ccc(-c3cccc(-c4nc(-c5ccccc5)cc(-c5ccccn5)n4)c3)nc12.Cc1cc(-c2ccccc2)nc2c1ccc1ccc(-c3cccc(-c4nc(-c5ccccc5)nc(-c5ccccn5)n4)c3)nc12. The minimum absolute atomic E-state index is 0.524. The number of hydrogen-bond acceptors (Lipinski definition) is 16. The van der Waals surface area contributed by atoms with Crippen molar-refractivity contribution in [2.45, 2.75) is 20.8 Å². The van der Waals surface area contributed by atoms with Gasteiger partial charge < -0.3 is 0 Å². The van der Waals surface area contributed by atoms with Crippen molar-refractivity contribution >= 4 is 65.4 Å². The largest absolute Gasteiger partial charge is 0.255 e. The highest BCUT2D eigenvalue weighted by Gasteiger charge is 2.22. The van der Waals surface area contributed by atoms with Crippen LogP contribution in [0.15, 0.2) is 431 Å². The van der Waals surface area contributed by atoms with Crippen LogP contribution in [-0.2, 0) is 0 Å². The van der Waals surface area contributed by atoms with Gasteiger partial charge in [-0.15, -0.1) is 0 Å². The third-order valence-electron chi connectivity index (χ3n) is 24.0. The molecule has 0 aliphatic carbocycles. The lowest BCUT2D eigenvalue weighted by Gasteiger charge is -2.11. The lowest BCUT2D eigenvalue weighted by molar-refractivity contribution is 1.06. The van der Waals surface area contributed by atoms with Crippen LogP contribution in [0.1, 0.15) is 16.7 Å². The molecule has 0 bridgehead atoms. The van der Waals surface area contributed by atoms with E-state index in [1.54, 1.807) is 18.6 Å². The Kier molecular flexibility index (Phi) is 22.4. The molecule has 0 spiro atoms. The van der Waals surface area contributed by atoms with Crippen molar-refractivity contribution in [3.05, 3.63) is 448 Å². The Morgan fingerprint density at radius 2 is 0.378 bits per heavy atom. The van der Waals surface area contributed by atoms with Gasteiger partial charge in [0.1, 0.15) is 11.4 Å². The van der Waals surface area contributed by atoms with Gasteiger partial charge in [-0.2, -0.15) is 0 Å². The summed E-state index contributed by atoms with van der Waals surface area (Å²) in [5, 5.41) is 6.47. The smallest absolute Gasteiger partial charge is 0.182 e. The number of nitrogens with zero attached hydrogens (tertiary/aromatic N) is 16. The molecule has 0 N–H and O–H groups in total. The highest BCUT2D eigenvalue weighted by molar-refractivity contribution is 6.08. The molecule has 636 valence electrons. The van der Waals surface area contributed by atoms with E-state index in [-0.39, 0.29) is 0 Å². The number of hydrogen-bond donors (Lipinski definition) is 0. The molecule has 24 aromatic rings. The van der Waals surface area contributed by atoms with Crippen molar-refractivity contribution in [2.24, 2.45) is 0 Å². The Balaban J connectivity index is 0.000000118. The number of pyridine rings is 9. The highest BCUT2D eigenvalue weighted by Crippen LogP contribution is 2.40. The van der Waals surface area contributed by atoms with Crippen molar-refractivity contribution in [1.82, 2.24) is 79.7 Å². The molecule has 0 radical (unpaired) electrons. The molecule has 0 aliphatic rings. The van der Waals surface area contributed by atoms with Crippen LogP contribution in [0.5, 0.6) is 0 Å². The summed E-state index contributed by atoms with van der Waals surface area (Å²) in [5.74, 6) is 2.91. The van der Waals surface area contributed by atoms with Gasteiger partial charge in [-0.05, 0) is 141 Å². The van der Waals surface area contributed by atoms with E-state index in [0.717, 1.165) is 201 Å². The van der Waals surface area contributed by atoms with Gasteiger partial charge in [-0.3, -0.25) is 15.0 Å². The normalized spacial score (nSPS) is 11.2. The summed E-state index contributed by atoms with van der Waals surface area (Å²) < 4.78 is 0. The Morgan fingerprint density at radius 1 is 0.133 bits per heavy atom. The van der Waals surface area contributed by atoms with E-state index >= 15 is 0 Å². The lowest BCUT2D eigenvalue weighted by atomic mass is 10.0. The Morgan fingerprint density at radius 3 is 0.741 bits per heavy atom. The van der Waals surface area contributed by atoms with E-state index in [0.29, 0.717) is 34.8 Å². The summed E-state index contributed by atoms with van der Waals surface area (Å²) in [5.41, 5.74) is 31.7. The van der Waals surface area contributed by atoms with Crippen LogP contribution in [-0.4, -0.2) is 79.7 Å². The fraction of sp³-hybridized carbons (Fsp3) is 0.0252. The van der Waals surface area contributed by atoms with Gasteiger partial charge in [0, 0.05) is 118 Å². The maximum absolute atomic E-state index is 5.21.